The van der Waals surface area contributed by atoms with Crippen LogP contribution in [-0.4, -0.2) is 50.0 Å². The van der Waals surface area contributed by atoms with Crippen molar-refractivity contribution < 1.29 is 41.3 Å². The lowest BCUT2D eigenvalue weighted by molar-refractivity contribution is -0.137. The Labute approximate surface area is 179 Å². The Balaban J connectivity index is 1.44. The van der Waals surface area contributed by atoms with Gasteiger partial charge < -0.3 is 23.8 Å². The van der Waals surface area contributed by atoms with Crippen molar-refractivity contribution in [3.63, 3.8) is 0 Å². The van der Waals surface area contributed by atoms with E-state index in [1.165, 1.54) is 4.90 Å². The second kappa shape index (κ2) is 8.43. The molecule has 11 heteroatoms. The monoisotopic (exact) mass is 461 g/mol. The number of alkyl halides is 3. The summed E-state index contributed by atoms with van der Waals surface area (Å²) in [5.74, 6) is -0.469. The molecule has 1 fully saturated rings. The SMILES string of the molecule is O=C(c1cc(C(F)(F)F)cc(Cl)c1F)N1CCOC(COc2ccc3c(c2)OCO3)C1. The van der Waals surface area contributed by atoms with Crippen LogP contribution in [0.2, 0.25) is 5.02 Å². The summed E-state index contributed by atoms with van der Waals surface area (Å²) in [5, 5.41) is -0.769. The van der Waals surface area contributed by atoms with Gasteiger partial charge in [-0.3, -0.25) is 4.79 Å². The number of hydrogen-bond acceptors (Lipinski definition) is 5. The first-order chi connectivity index (χ1) is 14.7. The van der Waals surface area contributed by atoms with Crippen LogP contribution in [0.25, 0.3) is 0 Å². The second-order valence-electron chi connectivity index (χ2n) is 6.89. The van der Waals surface area contributed by atoms with Crippen LogP contribution in [0.1, 0.15) is 15.9 Å². The number of carbonyl (C=O) groups is 1. The number of hydrogen-bond donors (Lipinski definition) is 0. The summed E-state index contributed by atoms with van der Waals surface area (Å²) < 4.78 is 75.1. The first-order valence-electron chi connectivity index (χ1n) is 9.22. The third kappa shape index (κ3) is 4.64. The number of rotatable bonds is 4. The topological polar surface area (TPSA) is 57.2 Å². The average molecular weight is 462 g/mol. The highest BCUT2D eigenvalue weighted by molar-refractivity contribution is 6.31. The minimum absolute atomic E-state index is 0.0106. The van der Waals surface area contributed by atoms with Crippen molar-refractivity contribution >= 4 is 17.5 Å². The highest BCUT2D eigenvalue weighted by Gasteiger charge is 2.35. The van der Waals surface area contributed by atoms with Crippen LogP contribution < -0.4 is 14.2 Å². The maximum atomic E-state index is 14.3. The van der Waals surface area contributed by atoms with Crippen LogP contribution in [0.3, 0.4) is 0 Å². The third-order valence-corrected chi connectivity index (χ3v) is 5.07. The molecule has 0 N–H and O–H groups in total. The summed E-state index contributed by atoms with van der Waals surface area (Å²) in [4.78, 5) is 13.9. The summed E-state index contributed by atoms with van der Waals surface area (Å²) in [7, 11) is 0. The fraction of sp³-hybridized carbons (Fsp3) is 0.350. The summed E-state index contributed by atoms with van der Waals surface area (Å²) in [6, 6.07) is 5.94. The number of amides is 1. The lowest BCUT2D eigenvalue weighted by Crippen LogP contribution is -2.47. The van der Waals surface area contributed by atoms with E-state index in [0.717, 1.165) is 0 Å². The van der Waals surface area contributed by atoms with E-state index in [4.69, 9.17) is 30.5 Å². The van der Waals surface area contributed by atoms with Crippen molar-refractivity contribution in [1.82, 2.24) is 4.90 Å². The van der Waals surface area contributed by atoms with E-state index in [-0.39, 0.29) is 33.1 Å². The molecule has 2 aromatic rings. The number of morpholine rings is 1. The molecule has 4 rings (SSSR count). The van der Waals surface area contributed by atoms with Crippen LogP contribution >= 0.6 is 11.6 Å². The molecule has 1 saturated heterocycles. The Morgan fingerprint density at radius 2 is 1.97 bits per heavy atom. The molecule has 1 unspecified atom stereocenters. The van der Waals surface area contributed by atoms with E-state index < -0.39 is 40.2 Å². The molecule has 0 aliphatic carbocycles. The third-order valence-electron chi connectivity index (χ3n) is 4.79. The molecule has 0 spiro atoms. The molecule has 2 aliphatic rings. The standard InChI is InChI=1S/C20H16ClF4NO5/c21-15-6-11(20(23,24)25)5-14(18(15)22)19(27)26-3-4-28-13(8-26)9-29-12-1-2-16-17(7-12)31-10-30-16/h1-2,5-7,13H,3-4,8-10H2. The molecule has 6 nitrogen and oxygen atoms in total. The lowest BCUT2D eigenvalue weighted by atomic mass is 10.1. The van der Waals surface area contributed by atoms with E-state index >= 15 is 0 Å². The number of fused-ring (bicyclic) bond motifs is 1. The van der Waals surface area contributed by atoms with Gasteiger partial charge in [-0.1, -0.05) is 11.6 Å². The van der Waals surface area contributed by atoms with E-state index in [1.807, 2.05) is 0 Å². The van der Waals surface area contributed by atoms with Gasteiger partial charge in [0.1, 0.15) is 18.5 Å². The number of ether oxygens (including phenoxy) is 4. The lowest BCUT2D eigenvalue weighted by Gasteiger charge is -2.33. The normalized spacial score (nSPS) is 18.2. The zero-order chi connectivity index (χ0) is 22.2. The molecule has 0 radical (unpaired) electrons. The minimum atomic E-state index is -4.77. The van der Waals surface area contributed by atoms with Gasteiger partial charge in [-0.15, -0.1) is 0 Å². The minimum Gasteiger partial charge on any atom is -0.491 e. The van der Waals surface area contributed by atoms with Crippen LogP contribution in [0.4, 0.5) is 17.6 Å². The number of nitrogens with zero attached hydrogens (tertiary/aromatic N) is 1. The van der Waals surface area contributed by atoms with Crippen molar-refractivity contribution in [2.75, 3.05) is 33.1 Å². The number of halogens is 5. The highest BCUT2D eigenvalue weighted by Crippen LogP contribution is 2.36. The predicted octanol–water partition coefficient (Wildman–Crippen LogP) is 4.15. The molecule has 0 bridgehead atoms. The fourth-order valence-electron chi connectivity index (χ4n) is 3.24. The van der Waals surface area contributed by atoms with E-state index in [1.54, 1.807) is 18.2 Å². The first-order valence-corrected chi connectivity index (χ1v) is 9.60. The molecular formula is C20H16ClF4NO5. The van der Waals surface area contributed by atoms with Gasteiger partial charge in [-0.05, 0) is 24.3 Å². The maximum absolute atomic E-state index is 14.3. The average Bonchev–Trinajstić information content (AvgIpc) is 3.21. The maximum Gasteiger partial charge on any atom is 0.416 e. The van der Waals surface area contributed by atoms with Crippen LogP contribution in [0, 0.1) is 5.82 Å². The van der Waals surface area contributed by atoms with Gasteiger partial charge in [0, 0.05) is 12.6 Å². The van der Waals surface area contributed by atoms with Gasteiger partial charge in [0.15, 0.2) is 17.3 Å². The van der Waals surface area contributed by atoms with Crippen molar-refractivity contribution in [2.24, 2.45) is 0 Å². The zero-order valence-electron chi connectivity index (χ0n) is 15.9. The van der Waals surface area contributed by atoms with Crippen LogP contribution in [-0.2, 0) is 10.9 Å². The molecule has 2 aliphatic heterocycles. The summed E-state index contributed by atoms with van der Waals surface area (Å²) in [6.45, 7) is 0.408. The molecule has 166 valence electrons. The largest absolute Gasteiger partial charge is 0.491 e. The molecule has 0 saturated carbocycles. The molecule has 2 aromatic carbocycles. The summed E-state index contributed by atoms with van der Waals surface area (Å²) in [5.41, 5.74) is -1.93. The van der Waals surface area contributed by atoms with Crippen molar-refractivity contribution in [2.45, 2.75) is 12.3 Å². The molecule has 2 heterocycles. The van der Waals surface area contributed by atoms with Gasteiger partial charge in [-0.25, -0.2) is 4.39 Å². The van der Waals surface area contributed by atoms with E-state index in [0.29, 0.717) is 29.4 Å². The second-order valence-corrected chi connectivity index (χ2v) is 7.29. The molecule has 31 heavy (non-hydrogen) atoms. The smallest absolute Gasteiger partial charge is 0.416 e. The van der Waals surface area contributed by atoms with Gasteiger partial charge in [0.2, 0.25) is 6.79 Å². The van der Waals surface area contributed by atoms with Gasteiger partial charge >= 0.3 is 6.18 Å². The number of carbonyl (C=O) groups excluding carboxylic acids is 1. The van der Waals surface area contributed by atoms with E-state index in [2.05, 4.69) is 0 Å². The quantitative estimate of drug-likeness (QED) is 0.640. The molecular weight excluding hydrogens is 446 g/mol. The Bertz CT molecular complexity index is 1000. The van der Waals surface area contributed by atoms with Crippen molar-refractivity contribution in [1.29, 1.82) is 0 Å². The van der Waals surface area contributed by atoms with Crippen molar-refractivity contribution in [3.05, 3.63) is 52.3 Å². The van der Waals surface area contributed by atoms with Crippen LogP contribution in [0.15, 0.2) is 30.3 Å². The van der Waals surface area contributed by atoms with Gasteiger partial charge in [-0.2, -0.15) is 13.2 Å². The molecule has 1 amide bonds. The number of benzene rings is 2. The molecule has 1 atom stereocenters. The zero-order valence-corrected chi connectivity index (χ0v) is 16.6. The first kappa shape index (κ1) is 21.5. The van der Waals surface area contributed by atoms with E-state index in [9.17, 15) is 22.4 Å². The summed E-state index contributed by atoms with van der Waals surface area (Å²) in [6.07, 6.45) is -5.33. The van der Waals surface area contributed by atoms with Gasteiger partial charge in [0.25, 0.3) is 5.91 Å². The Morgan fingerprint density at radius 3 is 2.74 bits per heavy atom. The Kier molecular flexibility index (Phi) is 5.85. The van der Waals surface area contributed by atoms with Crippen molar-refractivity contribution in [3.8, 4) is 17.2 Å². The summed E-state index contributed by atoms with van der Waals surface area (Å²) >= 11 is 5.58. The van der Waals surface area contributed by atoms with Gasteiger partial charge in [0.05, 0.1) is 29.3 Å². The Morgan fingerprint density at radius 1 is 1.19 bits per heavy atom. The van der Waals surface area contributed by atoms with Crippen LogP contribution in [0.5, 0.6) is 17.2 Å². The predicted molar refractivity (Wildman–Crippen MR) is 100 cm³/mol. The highest BCUT2D eigenvalue weighted by atomic mass is 35.5. The molecule has 0 aromatic heterocycles. The Hall–Kier alpha value is -2.72. The fourth-order valence-corrected chi connectivity index (χ4v) is 3.46.